The summed E-state index contributed by atoms with van der Waals surface area (Å²) in [5, 5.41) is 4.43. The van der Waals surface area contributed by atoms with E-state index < -0.39 is 0 Å². The molecule has 1 aromatic heterocycles. The molecular weight excluding hydrogens is 435 g/mol. The van der Waals surface area contributed by atoms with E-state index in [9.17, 15) is 0 Å². The Morgan fingerprint density at radius 2 is 1.91 bits per heavy atom. The van der Waals surface area contributed by atoms with E-state index in [1.807, 2.05) is 39.1 Å². The Kier molecular flexibility index (Phi) is 5.31. The quantitative estimate of drug-likeness (QED) is 0.379. The highest BCUT2D eigenvalue weighted by atomic mass is 19.1. The van der Waals surface area contributed by atoms with E-state index in [0.29, 0.717) is 11.4 Å². The highest BCUT2D eigenvalue weighted by Gasteiger charge is 2.48. The number of anilines is 2. The fraction of sp³-hybridized carbons (Fsp3) is 0.400. The molecule has 0 bridgehead atoms. The second kappa shape index (κ2) is 7.91. The van der Waals surface area contributed by atoms with Crippen molar-refractivity contribution in [1.82, 2.24) is 9.97 Å². The molecule has 182 valence electrons. The van der Waals surface area contributed by atoms with Crippen molar-refractivity contribution in [3.8, 4) is 0 Å². The van der Waals surface area contributed by atoms with E-state index in [2.05, 4.69) is 56.3 Å². The Morgan fingerprint density at radius 1 is 1.20 bits per heavy atom. The van der Waals surface area contributed by atoms with Crippen LogP contribution in [0.15, 0.2) is 54.8 Å². The minimum atomic E-state index is -0.268. The molecule has 5 rings (SSSR count). The first-order chi connectivity index (χ1) is 16.5. The Hall–Kier alpha value is -3.21. The van der Waals surface area contributed by atoms with Crippen molar-refractivity contribution < 1.29 is 4.39 Å². The van der Waals surface area contributed by atoms with Gasteiger partial charge in [-0.15, -0.1) is 0 Å². The van der Waals surface area contributed by atoms with Crippen LogP contribution in [0.1, 0.15) is 75.5 Å². The zero-order chi connectivity index (χ0) is 25.3. The maximum atomic E-state index is 15.9. The van der Waals surface area contributed by atoms with Crippen LogP contribution in [0.3, 0.4) is 0 Å². The topological polar surface area (TPSA) is 41.0 Å². The second-order valence-electron chi connectivity index (χ2n) is 10.8. The van der Waals surface area contributed by atoms with Gasteiger partial charge in [-0.3, -0.25) is 0 Å². The molecule has 1 atom stereocenters. The van der Waals surface area contributed by atoms with Crippen LogP contribution < -0.4 is 10.2 Å². The number of rotatable bonds is 6. The van der Waals surface area contributed by atoms with Gasteiger partial charge in [0.2, 0.25) is 0 Å². The Bertz CT molecular complexity index is 1380. The molecule has 0 spiro atoms. The number of aryl methyl sites for hydroxylation is 1. The molecule has 2 aromatic carbocycles. The first-order valence-electron chi connectivity index (χ1n) is 12.5. The van der Waals surface area contributed by atoms with E-state index in [1.165, 1.54) is 5.56 Å². The van der Waals surface area contributed by atoms with Gasteiger partial charge in [0.1, 0.15) is 17.5 Å². The maximum Gasteiger partial charge on any atom is 0.138 e. The third-order valence-electron chi connectivity index (χ3n) is 8.30. The van der Waals surface area contributed by atoms with Crippen LogP contribution in [0.25, 0.3) is 10.9 Å². The largest absolute Gasteiger partial charge is 0.363 e. The summed E-state index contributed by atoms with van der Waals surface area (Å²) in [6.07, 6.45) is 2.81. The minimum absolute atomic E-state index is 0.131. The fourth-order valence-electron chi connectivity index (χ4n) is 5.70. The molecule has 1 saturated carbocycles. The number of fused-ring (bicyclic) bond motifs is 2. The van der Waals surface area contributed by atoms with Crippen molar-refractivity contribution in [2.45, 2.75) is 70.8 Å². The minimum Gasteiger partial charge on any atom is -0.363 e. The van der Waals surface area contributed by atoms with E-state index in [-0.39, 0.29) is 22.7 Å². The number of halogens is 1. The van der Waals surface area contributed by atoms with Gasteiger partial charge in [0.15, 0.2) is 0 Å². The highest BCUT2D eigenvalue weighted by molar-refractivity contribution is 5.95. The molecule has 0 saturated heterocycles. The molecule has 2 aliphatic rings. The van der Waals surface area contributed by atoms with Gasteiger partial charge < -0.3 is 10.2 Å². The summed E-state index contributed by atoms with van der Waals surface area (Å²) in [5.41, 5.74) is 6.43. The molecule has 1 aliphatic carbocycles. The summed E-state index contributed by atoms with van der Waals surface area (Å²) in [4.78, 5) is 11.6. The average Bonchev–Trinajstić information content (AvgIpc) is 3.60. The SMILES string of the molecule is C=C1N(C)c2cc3c(NC(C)c4cccc(C5(C(=C)CC)CC5)c4F)nc(C)nc3cc2C1(C)C. The van der Waals surface area contributed by atoms with E-state index in [1.54, 1.807) is 0 Å². The van der Waals surface area contributed by atoms with Crippen LogP contribution in [-0.2, 0) is 10.8 Å². The van der Waals surface area contributed by atoms with Crippen LogP contribution in [0.2, 0.25) is 0 Å². The number of benzene rings is 2. The number of nitrogens with zero attached hydrogens (tertiary/aromatic N) is 3. The van der Waals surface area contributed by atoms with Gasteiger partial charge in [-0.1, -0.05) is 57.7 Å². The van der Waals surface area contributed by atoms with Crippen molar-refractivity contribution in [3.05, 3.63) is 83.1 Å². The molecule has 3 aromatic rings. The smallest absolute Gasteiger partial charge is 0.138 e. The van der Waals surface area contributed by atoms with Crippen LogP contribution in [-0.4, -0.2) is 17.0 Å². The third-order valence-corrected chi connectivity index (χ3v) is 8.30. The normalized spacial score (nSPS) is 18.5. The number of nitrogens with one attached hydrogen (secondary N) is 1. The van der Waals surface area contributed by atoms with Gasteiger partial charge >= 0.3 is 0 Å². The van der Waals surface area contributed by atoms with Gasteiger partial charge in [-0.05, 0) is 56.4 Å². The second-order valence-corrected chi connectivity index (χ2v) is 10.8. The van der Waals surface area contributed by atoms with Gasteiger partial charge in [0, 0.05) is 40.2 Å². The number of hydrogen-bond donors (Lipinski definition) is 1. The average molecular weight is 471 g/mol. The van der Waals surface area contributed by atoms with Crippen molar-refractivity contribution >= 4 is 22.4 Å². The summed E-state index contributed by atoms with van der Waals surface area (Å²) in [6.45, 7) is 18.9. The zero-order valence-electron chi connectivity index (χ0n) is 21.7. The number of allylic oxidation sites excluding steroid dienone is 2. The van der Waals surface area contributed by atoms with Crippen LogP contribution in [0.5, 0.6) is 0 Å². The van der Waals surface area contributed by atoms with E-state index >= 15 is 4.39 Å². The summed E-state index contributed by atoms with van der Waals surface area (Å²) in [6, 6.07) is 9.78. The van der Waals surface area contributed by atoms with Gasteiger partial charge in [-0.2, -0.15) is 0 Å². The van der Waals surface area contributed by atoms with Crippen molar-refractivity contribution in [3.63, 3.8) is 0 Å². The molecule has 2 heterocycles. The third kappa shape index (κ3) is 3.47. The lowest BCUT2D eigenvalue weighted by atomic mass is 9.84. The first-order valence-corrected chi connectivity index (χ1v) is 12.5. The van der Waals surface area contributed by atoms with E-state index in [4.69, 9.17) is 9.97 Å². The summed E-state index contributed by atoms with van der Waals surface area (Å²) >= 11 is 0. The maximum absolute atomic E-state index is 15.9. The van der Waals surface area contributed by atoms with Gasteiger partial charge in [-0.25, -0.2) is 14.4 Å². The van der Waals surface area contributed by atoms with Crippen LogP contribution in [0.4, 0.5) is 15.9 Å². The monoisotopic (exact) mass is 470 g/mol. The summed E-state index contributed by atoms with van der Waals surface area (Å²) < 4.78 is 15.9. The predicted octanol–water partition coefficient (Wildman–Crippen LogP) is 7.49. The highest BCUT2D eigenvalue weighted by Crippen LogP contribution is 2.55. The lowest BCUT2D eigenvalue weighted by Gasteiger charge is -2.23. The Labute approximate surface area is 208 Å². The lowest BCUT2D eigenvalue weighted by Crippen LogP contribution is -2.21. The van der Waals surface area contributed by atoms with Gasteiger partial charge in [0.05, 0.1) is 11.6 Å². The molecule has 1 N–H and O–H groups in total. The predicted molar refractivity (Wildman–Crippen MR) is 144 cm³/mol. The van der Waals surface area contributed by atoms with Crippen LogP contribution >= 0.6 is 0 Å². The first kappa shape index (κ1) is 23.5. The fourth-order valence-corrected chi connectivity index (χ4v) is 5.70. The molecular formula is C30H35FN4. The van der Waals surface area contributed by atoms with Crippen molar-refractivity contribution in [2.24, 2.45) is 0 Å². The standard InChI is InChI=1S/C30H35FN4/c1-9-17(2)30(13-14-30)23-12-10-11-21(27(23)31)18(3)32-28-22-15-26-24(16-25(22)33-20(5)34-28)29(6,7)19(4)35(26)8/h10-12,15-16,18H,2,4,9,13-14H2,1,3,5-8H3,(H,32,33,34). The van der Waals surface area contributed by atoms with Crippen molar-refractivity contribution in [1.29, 1.82) is 0 Å². The molecule has 4 nitrogen and oxygen atoms in total. The Balaban J connectivity index is 1.55. The molecule has 0 amide bonds. The lowest BCUT2D eigenvalue weighted by molar-refractivity contribution is 0.566. The van der Waals surface area contributed by atoms with E-state index in [0.717, 1.165) is 58.5 Å². The summed E-state index contributed by atoms with van der Waals surface area (Å²) in [7, 11) is 2.05. The molecule has 0 radical (unpaired) electrons. The molecule has 35 heavy (non-hydrogen) atoms. The number of likely N-dealkylation sites (N-methyl/N-ethyl adjacent to an activating group) is 1. The molecule has 1 fully saturated rings. The number of hydrogen-bond acceptors (Lipinski definition) is 4. The van der Waals surface area contributed by atoms with Crippen LogP contribution in [0, 0.1) is 12.7 Å². The number of aromatic nitrogens is 2. The van der Waals surface area contributed by atoms with Gasteiger partial charge in [0.25, 0.3) is 0 Å². The Morgan fingerprint density at radius 3 is 2.57 bits per heavy atom. The molecule has 1 unspecified atom stereocenters. The molecule has 5 heteroatoms. The van der Waals surface area contributed by atoms with Crippen molar-refractivity contribution in [2.75, 3.05) is 17.3 Å². The zero-order valence-corrected chi connectivity index (χ0v) is 21.7. The molecule has 1 aliphatic heterocycles. The summed E-state index contributed by atoms with van der Waals surface area (Å²) in [5.74, 6) is 1.27.